The van der Waals surface area contributed by atoms with E-state index >= 15 is 0 Å². The summed E-state index contributed by atoms with van der Waals surface area (Å²) in [4.78, 5) is 10.6. The van der Waals surface area contributed by atoms with Crippen LogP contribution in [0.15, 0.2) is 0 Å². The summed E-state index contributed by atoms with van der Waals surface area (Å²) in [6, 6.07) is 0. The quantitative estimate of drug-likeness (QED) is 0.666. The molecule has 0 aromatic carbocycles. The molecule has 0 amide bonds. The zero-order valence-corrected chi connectivity index (χ0v) is 7.05. The van der Waals surface area contributed by atoms with Gasteiger partial charge in [-0.1, -0.05) is 26.2 Å². The first-order valence-corrected chi connectivity index (χ1v) is 4.46. The van der Waals surface area contributed by atoms with Crippen molar-refractivity contribution < 1.29 is 9.90 Å². The summed E-state index contributed by atoms with van der Waals surface area (Å²) in [5.74, 6) is 0.0294. The zero-order valence-electron chi connectivity index (χ0n) is 7.05. The van der Waals surface area contributed by atoms with Gasteiger partial charge in [-0.15, -0.1) is 0 Å². The predicted molar refractivity (Wildman–Crippen MR) is 43.4 cm³/mol. The SMILES string of the molecule is CC[C@H]1CCCC(C(=O)O)C1. The molecule has 0 aromatic rings. The maximum absolute atomic E-state index is 10.6. The summed E-state index contributed by atoms with van der Waals surface area (Å²) < 4.78 is 0. The zero-order chi connectivity index (χ0) is 8.27. The number of carbonyl (C=O) groups is 1. The van der Waals surface area contributed by atoms with Crippen molar-refractivity contribution in [3.05, 3.63) is 0 Å². The fourth-order valence-corrected chi connectivity index (χ4v) is 1.89. The van der Waals surface area contributed by atoms with Crippen LogP contribution in [-0.2, 0) is 4.79 Å². The lowest BCUT2D eigenvalue weighted by Crippen LogP contribution is -2.22. The van der Waals surface area contributed by atoms with E-state index in [0.717, 1.165) is 25.7 Å². The minimum Gasteiger partial charge on any atom is -0.481 e. The molecule has 1 aliphatic rings. The van der Waals surface area contributed by atoms with Gasteiger partial charge in [0.05, 0.1) is 5.92 Å². The molecule has 11 heavy (non-hydrogen) atoms. The van der Waals surface area contributed by atoms with Crippen LogP contribution in [-0.4, -0.2) is 11.1 Å². The highest BCUT2D eigenvalue weighted by atomic mass is 16.4. The minimum absolute atomic E-state index is 0.0475. The molecule has 0 spiro atoms. The second-order valence-corrected chi connectivity index (χ2v) is 3.48. The molecule has 1 fully saturated rings. The Morgan fingerprint density at radius 3 is 2.82 bits per heavy atom. The van der Waals surface area contributed by atoms with Crippen LogP contribution in [0.3, 0.4) is 0 Å². The van der Waals surface area contributed by atoms with Gasteiger partial charge in [-0.3, -0.25) is 4.79 Å². The Morgan fingerprint density at radius 2 is 2.27 bits per heavy atom. The molecule has 0 radical (unpaired) electrons. The van der Waals surface area contributed by atoms with Gasteiger partial charge in [0.15, 0.2) is 0 Å². The summed E-state index contributed by atoms with van der Waals surface area (Å²) in [5.41, 5.74) is 0. The first-order valence-electron chi connectivity index (χ1n) is 4.46. The monoisotopic (exact) mass is 156 g/mol. The molecule has 2 heteroatoms. The van der Waals surface area contributed by atoms with Crippen LogP contribution in [0, 0.1) is 11.8 Å². The van der Waals surface area contributed by atoms with E-state index in [4.69, 9.17) is 5.11 Å². The van der Waals surface area contributed by atoms with Crippen molar-refractivity contribution in [2.75, 3.05) is 0 Å². The molecular formula is C9H16O2. The van der Waals surface area contributed by atoms with E-state index in [1.54, 1.807) is 0 Å². The van der Waals surface area contributed by atoms with Crippen LogP contribution < -0.4 is 0 Å². The Morgan fingerprint density at radius 1 is 1.55 bits per heavy atom. The van der Waals surface area contributed by atoms with Crippen LogP contribution in [0.2, 0.25) is 0 Å². The fourth-order valence-electron chi connectivity index (χ4n) is 1.89. The maximum atomic E-state index is 10.6. The molecule has 0 aliphatic heterocycles. The van der Waals surface area contributed by atoms with E-state index in [0.29, 0.717) is 5.92 Å². The normalized spacial score (nSPS) is 31.7. The van der Waals surface area contributed by atoms with Crippen LogP contribution >= 0.6 is 0 Å². The summed E-state index contributed by atoms with van der Waals surface area (Å²) in [7, 11) is 0. The van der Waals surface area contributed by atoms with Gasteiger partial charge < -0.3 is 5.11 Å². The minimum atomic E-state index is -0.594. The highest BCUT2D eigenvalue weighted by Crippen LogP contribution is 2.30. The van der Waals surface area contributed by atoms with Gasteiger partial charge in [0, 0.05) is 0 Å². The third-order valence-corrected chi connectivity index (χ3v) is 2.71. The second kappa shape index (κ2) is 3.74. The lowest BCUT2D eigenvalue weighted by molar-refractivity contribution is -0.143. The van der Waals surface area contributed by atoms with Crippen molar-refractivity contribution in [2.24, 2.45) is 11.8 Å². The molecule has 0 saturated heterocycles. The summed E-state index contributed by atoms with van der Waals surface area (Å²) >= 11 is 0. The number of carboxylic acid groups (broad SMARTS) is 1. The third-order valence-electron chi connectivity index (χ3n) is 2.71. The second-order valence-electron chi connectivity index (χ2n) is 3.48. The Kier molecular flexibility index (Phi) is 2.92. The number of rotatable bonds is 2. The van der Waals surface area contributed by atoms with Crippen molar-refractivity contribution in [3.8, 4) is 0 Å². The topological polar surface area (TPSA) is 37.3 Å². The smallest absolute Gasteiger partial charge is 0.306 e. The van der Waals surface area contributed by atoms with E-state index in [-0.39, 0.29) is 5.92 Å². The molecule has 2 atom stereocenters. The molecule has 1 N–H and O–H groups in total. The number of hydrogen-bond donors (Lipinski definition) is 1. The highest BCUT2D eigenvalue weighted by Gasteiger charge is 2.25. The molecule has 1 rings (SSSR count). The lowest BCUT2D eigenvalue weighted by Gasteiger charge is -2.25. The number of aliphatic carboxylic acids is 1. The van der Waals surface area contributed by atoms with Crippen molar-refractivity contribution in [1.29, 1.82) is 0 Å². The van der Waals surface area contributed by atoms with E-state index < -0.39 is 5.97 Å². The summed E-state index contributed by atoms with van der Waals surface area (Å²) in [5, 5.41) is 8.75. The van der Waals surface area contributed by atoms with E-state index in [1.165, 1.54) is 6.42 Å². The first-order chi connectivity index (χ1) is 5.24. The van der Waals surface area contributed by atoms with Gasteiger partial charge in [0.2, 0.25) is 0 Å². The van der Waals surface area contributed by atoms with Gasteiger partial charge in [-0.25, -0.2) is 0 Å². The Labute approximate surface area is 67.6 Å². The molecule has 64 valence electrons. The molecule has 0 bridgehead atoms. The summed E-state index contributed by atoms with van der Waals surface area (Å²) in [6.45, 7) is 2.15. The van der Waals surface area contributed by atoms with Crippen molar-refractivity contribution in [1.82, 2.24) is 0 Å². The fraction of sp³-hybridized carbons (Fsp3) is 0.889. The number of carboxylic acids is 1. The van der Waals surface area contributed by atoms with Gasteiger partial charge in [0.1, 0.15) is 0 Å². The van der Waals surface area contributed by atoms with Crippen molar-refractivity contribution in [2.45, 2.75) is 39.0 Å². The Bertz CT molecular complexity index is 142. The van der Waals surface area contributed by atoms with Gasteiger partial charge in [0.25, 0.3) is 0 Å². The van der Waals surface area contributed by atoms with Crippen LogP contribution in [0.4, 0.5) is 0 Å². The van der Waals surface area contributed by atoms with E-state index in [9.17, 15) is 4.79 Å². The maximum Gasteiger partial charge on any atom is 0.306 e. The molecular weight excluding hydrogens is 140 g/mol. The Hall–Kier alpha value is -0.530. The standard InChI is InChI=1S/C9H16O2/c1-2-7-4-3-5-8(6-7)9(10)11/h7-8H,2-6H2,1H3,(H,10,11)/t7-,8?/m0/s1. The third kappa shape index (κ3) is 2.21. The molecule has 1 aliphatic carbocycles. The van der Waals surface area contributed by atoms with Crippen LogP contribution in [0.5, 0.6) is 0 Å². The summed E-state index contributed by atoms with van der Waals surface area (Å²) in [6.07, 6.45) is 5.29. The van der Waals surface area contributed by atoms with Gasteiger partial charge in [-0.05, 0) is 18.8 Å². The van der Waals surface area contributed by atoms with E-state index in [2.05, 4.69) is 6.92 Å². The molecule has 1 saturated carbocycles. The predicted octanol–water partition coefficient (Wildman–Crippen LogP) is 2.29. The first kappa shape index (κ1) is 8.57. The largest absolute Gasteiger partial charge is 0.481 e. The molecule has 0 aromatic heterocycles. The van der Waals surface area contributed by atoms with Crippen LogP contribution in [0.1, 0.15) is 39.0 Å². The molecule has 2 nitrogen and oxygen atoms in total. The highest BCUT2D eigenvalue weighted by molar-refractivity contribution is 5.70. The van der Waals surface area contributed by atoms with Crippen molar-refractivity contribution >= 4 is 5.97 Å². The van der Waals surface area contributed by atoms with E-state index in [1.807, 2.05) is 0 Å². The average Bonchev–Trinajstić information content (AvgIpc) is 2.05. The lowest BCUT2D eigenvalue weighted by atomic mass is 9.80. The van der Waals surface area contributed by atoms with Crippen molar-refractivity contribution in [3.63, 3.8) is 0 Å². The van der Waals surface area contributed by atoms with Crippen LogP contribution in [0.25, 0.3) is 0 Å². The molecule has 1 unspecified atom stereocenters. The Balaban J connectivity index is 2.39. The average molecular weight is 156 g/mol. The van der Waals surface area contributed by atoms with Gasteiger partial charge in [-0.2, -0.15) is 0 Å². The van der Waals surface area contributed by atoms with Gasteiger partial charge >= 0.3 is 5.97 Å². The molecule has 0 heterocycles. The number of hydrogen-bond acceptors (Lipinski definition) is 1.